The molecule has 0 unspecified atom stereocenters. The van der Waals surface area contributed by atoms with Gasteiger partial charge in [0.15, 0.2) is 0 Å². The van der Waals surface area contributed by atoms with Gasteiger partial charge in [-0.15, -0.1) is 0 Å². The number of carbonyl (C=O) groups is 2. The molecule has 3 rings (SSSR count). The smallest absolute Gasteiger partial charge is 0.475 e. The van der Waals surface area contributed by atoms with Gasteiger partial charge in [-0.1, -0.05) is 30.4 Å². The number of nitrogens with one attached hydrogen (secondary N) is 3. The van der Waals surface area contributed by atoms with E-state index < -0.39 is 12.1 Å². The molecule has 9 heteroatoms. The maximum atomic E-state index is 11.9. The second kappa shape index (κ2) is 8.72. The first-order valence-electron chi connectivity index (χ1n) is 8.24. The van der Waals surface area contributed by atoms with Crippen LogP contribution in [-0.4, -0.2) is 47.3 Å². The van der Waals surface area contributed by atoms with Crippen molar-refractivity contribution in [2.24, 2.45) is 0 Å². The Morgan fingerprint density at radius 3 is 2.56 bits per heavy atom. The van der Waals surface area contributed by atoms with E-state index in [9.17, 15) is 18.0 Å². The maximum Gasteiger partial charge on any atom is 0.490 e. The highest BCUT2D eigenvalue weighted by molar-refractivity contribution is 5.85. The number of alkyl halides is 3. The third kappa shape index (κ3) is 5.58. The van der Waals surface area contributed by atoms with Crippen LogP contribution >= 0.6 is 0 Å². The summed E-state index contributed by atoms with van der Waals surface area (Å²) in [5.74, 6) is -2.70. The third-order valence-corrected chi connectivity index (χ3v) is 4.01. The number of fused-ring (bicyclic) bond motifs is 1. The molecule has 2 heterocycles. The molecule has 146 valence electrons. The van der Waals surface area contributed by atoms with Crippen LogP contribution in [0.15, 0.2) is 36.4 Å². The highest BCUT2D eigenvalue weighted by Crippen LogP contribution is 2.21. The maximum absolute atomic E-state index is 11.9. The number of aryl methyl sites for hydroxylation is 1. The molecule has 0 radical (unpaired) electrons. The van der Waals surface area contributed by atoms with Gasteiger partial charge in [-0.05, 0) is 25.0 Å². The van der Waals surface area contributed by atoms with Gasteiger partial charge in [0.2, 0.25) is 5.91 Å². The van der Waals surface area contributed by atoms with Crippen molar-refractivity contribution in [2.45, 2.75) is 25.6 Å². The minimum Gasteiger partial charge on any atom is -0.475 e. The van der Waals surface area contributed by atoms with E-state index >= 15 is 0 Å². The molecule has 1 atom stereocenters. The molecule has 0 bridgehead atoms. The normalized spacial score (nSPS) is 16.1. The summed E-state index contributed by atoms with van der Waals surface area (Å²) in [6.45, 7) is 3.52. The van der Waals surface area contributed by atoms with Crippen molar-refractivity contribution in [3.63, 3.8) is 0 Å². The predicted octanol–water partition coefficient (Wildman–Crippen LogP) is 2.30. The molecule has 0 fully saturated rings. The summed E-state index contributed by atoms with van der Waals surface area (Å²) in [5.41, 5.74) is 3.63. The first-order chi connectivity index (χ1) is 12.7. The number of rotatable bonds is 4. The number of H-pyrrole nitrogens is 1. The van der Waals surface area contributed by atoms with Gasteiger partial charge in [-0.3, -0.25) is 10.1 Å². The van der Waals surface area contributed by atoms with E-state index in [1.54, 1.807) is 0 Å². The Kier molecular flexibility index (Phi) is 6.62. The van der Waals surface area contributed by atoms with Gasteiger partial charge in [-0.2, -0.15) is 13.2 Å². The van der Waals surface area contributed by atoms with E-state index in [-0.39, 0.29) is 11.9 Å². The fourth-order valence-corrected chi connectivity index (χ4v) is 2.72. The highest BCUT2D eigenvalue weighted by atomic mass is 19.4. The van der Waals surface area contributed by atoms with Crippen LogP contribution in [0.3, 0.4) is 0 Å². The standard InChI is InChI=1S/C16H19N3O.C2HF3O2/c1-11-12(13-5-2-3-6-14(13)19-11)8-10-18-16(20)15-7-4-9-17-15;3-2(4,5)1(6)7/h2-7,15,17,19H,8-10H2,1H3,(H,18,20);(H,6,7)/t15-;/m0./s1. The van der Waals surface area contributed by atoms with E-state index in [2.05, 4.69) is 34.7 Å². The van der Waals surface area contributed by atoms with E-state index in [0.717, 1.165) is 18.5 Å². The Hall–Kier alpha value is -2.81. The lowest BCUT2D eigenvalue weighted by atomic mass is 10.1. The number of carboxylic acids is 1. The first kappa shape index (κ1) is 20.5. The number of amides is 1. The molecule has 6 nitrogen and oxygen atoms in total. The Morgan fingerprint density at radius 2 is 1.96 bits per heavy atom. The molecule has 0 saturated heterocycles. The molecule has 1 aliphatic heterocycles. The number of carbonyl (C=O) groups excluding carboxylic acids is 1. The van der Waals surface area contributed by atoms with Gasteiger partial charge in [-0.25, -0.2) is 4.79 Å². The number of hydrogen-bond acceptors (Lipinski definition) is 3. The average Bonchev–Trinajstić information content (AvgIpc) is 3.23. The number of halogens is 3. The zero-order valence-electron chi connectivity index (χ0n) is 14.6. The van der Waals surface area contributed by atoms with Crippen LogP contribution in [0.25, 0.3) is 10.9 Å². The van der Waals surface area contributed by atoms with Gasteiger partial charge >= 0.3 is 12.1 Å². The van der Waals surface area contributed by atoms with Crippen LogP contribution in [0, 0.1) is 6.92 Å². The van der Waals surface area contributed by atoms with E-state index in [4.69, 9.17) is 9.90 Å². The minimum atomic E-state index is -5.08. The number of aromatic amines is 1. The second-order valence-electron chi connectivity index (χ2n) is 5.93. The third-order valence-electron chi connectivity index (χ3n) is 4.01. The molecule has 4 N–H and O–H groups in total. The van der Waals surface area contributed by atoms with Crippen molar-refractivity contribution in [1.82, 2.24) is 15.6 Å². The van der Waals surface area contributed by atoms with Crippen molar-refractivity contribution in [2.75, 3.05) is 13.1 Å². The Bertz CT molecular complexity index is 843. The van der Waals surface area contributed by atoms with E-state index in [0.29, 0.717) is 6.54 Å². The fraction of sp³-hybridized carbons (Fsp3) is 0.333. The average molecular weight is 383 g/mol. The summed E-state index contributed by atoms with van der Waals surface area (Å²) < 4.78 is 31.7. The monoisotopic (exact) mass is 383 g/mol. The summed E-state index contributed by atoms with van der Waals surface area (Å²) in [6.07, 6.45) is -0.349. The number of carboxylic acid groups (broad SMARTS) is 1. The molecular weight excluding hydrogens is 363 g/mol. The lowest BCUT2D eigenvalue weighted by molar-refractivity contribution is -0.192. The zero-order chi connectivity index (χ0) is 20.0. The summed E-state index contributed by atoms with van der Waals surface area (Å²) in [5, 5.41) is 14.5. The van der Waals surface area contributed by atoms with Crippen LogP contribution in [-0.2, 0) is 16.0 Å². The number of hydrogen-bond donors (Lipinski definition) is 4. The quantitative estimate of drug-likeness (QED) is 0.610. The minimum absolute atomic E-state index is 0.0521. The molecule has 1 aromatic heterocycles. The number of benzene rings is 1. The molecule has 1 aromatic carbocycles. The number of aromatic nitrogens is 1. The van der Waals surface area contributed by atoms with Crippen LogP contribution in [0.1, 0.15) is 11.3 Å². The summed E-state index contributed by atoms with van der Waals surface area (Å²) >= 11 is 0. The van der Waals surface area contributed by atoms with E-state index in [1.807, 2.05) is 24.3 Å². The van der Waals surface area contributed by atoms with E-state index in [1.165, 1.54) is 16.6 Å². The molecule has 27 heavy (non-hydrogen) atoms. The fourth-order valence-electron chi connectivity index (χ4n) is 2.72. The Labute approximate surface area is 153 Å². The van der Waals surface area contributed by atoms with Crippen molar-refractivity contribution < 1.29 is 27.9 Å². The summed E-state index contributed by atoms with van der Waals surface area (Å²) in [4.78, 5) is 24.2. The largest absolute Gasteiger partial charge is 0.490 e. The molecule has 0 spiro atoms. The molecule has 1 amide bonds. The van der Waals surface area contributed by atoms with Crippen molar-refractivity contribution in [3.8, 4) is 0 Å². The SMILES string of the molecule is Cc1[nH]c2ccccc2c1CCNC(=O)[C@@H]1C=CCN1.O=C(O)C(F)(F)F. The predicted molar refractivity (Wildman–Crippen MR) is 94.4 cm³/mol. The van der Waals surface area contributed by atoms with Crippen molar-refractivity contribution in [1.29, 1.82) is 0 Å². The van der Waals surface area contributed by atoms with Gasteiger partial charge in [0.1, 0.15) is 6.04 Å². The van der Waals surface area contributed by atoms with Crippen molar-refractivity contribution >= 4 is 22.8 Å². The summed E-state index contributed by atoms with van der Waals surface area (Å²) in [7, 11) is 0. The Balaban J connectivity index is 0.000000321. The molecule has 0 aliphatic carbocycles. The van der Waals surface area contributed by atoms with Gasteiger partial charge in [0, 0.05) is 29.7 Å². The lowest BCUT2D eigenvalue weighted by Gasteiger charge is -2.10. The highest BCUT2D eigenvalue weighted by Gasteiger charge is 2.38. The van der Waals surface area contributed by atoms with Gasteiger partial charge < -0.3 is 15.4 Å². The van der Waals surface area contributed by atoms with Crippen molar-refractivity contribution in [3.05, 3.63) is 47.7 Å². The van der Waals surface area contributed by atoms with Crippen LogP contribution in [0.5, 0.6) is 0 Å². The Morgan fingerprint density at radius 1 is 1.30 bits per heavy atom. The van der Waals surface area contributed by atoms with Crippen LogP contribution < -0.4 is 10.6 Å². The molecular formula is C18H20F3N3O3. The van der Waals surface area contributed by atoms with Gasteiger partial charge in [0.05, 0.1) is 0 Å². The second-order valence-corrected chi connectivity index (χ2v) is 5.93. The topological polar surface area (TPSA) is 94.2 Å². The zero-order valence-corrected chi connectivity index (χ0v) is 14.6. The summed E-state index contributed by atoms with van der Waals surface area (Å²) in [6, 6.07) is 8.11. The number of para-hydroxylation sites is 1. The molecule has 2 aromatic rings. The number of aliphatic carboxylic acids is 1. The molecule has 1 aliphatic rings. The first-order valence-corrected chi connectivity index (χ1v) is 8.24. The lowest BCUT2D eigenvalue weighted by Crippen LogP contribution is -2.41. The van der Waals surface area contributed by atoms with Crippen LogP contribution in [0.4, 0.5) is 13.2 Å². The molecule has 0 saturated carbocycles. The van der Waals surface area contributed by atoms with Crippen LogP contribution in [0.2, 0.25) is 0 Å². The van der Waals surface area contributed by atoms with Gasteiger partial charge in [0.25, 0.3) is 0 Å².